The van der Waals surface area contributed by atoms with E-state index in [4.69, 9.17) is 11.6 Å². The molecule has 128 valence electrons. The summed E-state index contributed by atoms with van der Waals surface area (Å²) in [6.45, 7) is 3.42. The van der Waals surface area contributed by atoms with E-state index in [0.717, 1.165) is 18.8 Å². The summed E-state index contributed by atoms with van der Waals surface area (Å²) >= 11 is 7.39. The smallest absolute Gasteiger partial charge is 0.230 e. The zero-order valence-electron chi connectivity index (χ0n) is 13.8. The van der Waals surface area contributed by atoms with Gasteiger partial charge in [0.2, 0.25) is 5.91 Å². The molecule has 1 heterocycles. The monoisotopic (exact) mass is 364 g/mol. The van der Waals surface area contributed by atoms with E-state index in [2.05, 4.69) is 27.4 Å². The average molecular weight is 365 g/mol. The van der Waals surface area contributed by atoms with Gasteiger partial charge in [0.05, 0.1) is 5.75 Å². The van der Waals surface area contributed by atoms with Crippen LogP contribution in [0.15, 0.2) is 41.6 Å². The first-order valence-electron chi connectivity index (χ1n) is 7.77. The first-order valence-corrected chi connectivity index (χ1v) is 9.14. The van der Waals surface area contributed by atoms with Crippen LogP contribution in [0.2, 0.25) is 5.15 Å². The summed E-state index contributed by atoms with van der Waals surface area (Å²) in [5.74, 6) is 0.988. The SMILES string of the molecule is CCCNC(=O)CSc1nc(Cl)cc(N(C)Cc2ccccc2)n1. The Morgan fingerprint density at radius 1 is 1.29 bits per heavy atom. The van der Waals surface area contributed by atoms with Gasteiger partial charge in [-0.15, -0.1) is 0 Å². The topological polar surface area (TPSA) is 58.1 Å². The van der Waals surface area contributed by atoms with E-state index < -0.39 is 0 Å². The molecule has 0 aliphatic carbocycles. The second kappa shape index (κ2) is 9.49. The van der Waals surface area contributed by atoms with Gasteiger partial charge >= 0.3 is 0 Å². The lowest BCUT2D eigenvalue weighted by Gasteiger charge is -2.18. The zero-order valence-corrected chi connectivity index (χ0v) is 15.4. The summed E-state index contributed by atoms with van der Waals surface area (Å²) in [5, 5.41) is 3.70. The molecule has 0 unspecified atom stereocenters. The lowest BCUT2D eigenvalue weighted by Crippen LogP contribution is -2.25. The third-order valence-corrected chi connectivity index (χ3v) is 4.26. The molecule has 0 fully saturated rings. The Hall–Kier alpha value is -1.79. The minimum atomic E-state index is -0.0235. The molecule has 1 N–H and O–H groups in total. The first kappa shape index (κ1) is 18.5. The van der Waals surface area contributed by atoms with Crippen LogP contribution in [-0.2, 0) is 11.3 Å². The van der Waals surface area contributed by atoms with Crippen LogP contribution in [0.3, 0.4) is 0 Å². The lowest BCUT2D eigenvalue weighted by atomic mass is 10.2. The van der Waals surface area contributed by atoms with E-state index in [9.17, 15) is 4.79 Å². The largest absolute Gasteiger partial charge is 0.355 e. The highest BCUT2D eigenvalue weighted by Gasteiger charge is 2.10. The van der Waals surface area contributed by atoms with E-state index in [-0.39, 0.29) is 11.7 Å². The van der Waals surface area contributed by atoms with Gasteiger partial charge in [-0.1, -0.05) is 60.6 Å². The van der Waals surface area contributed by atoms with E-state index in [0.29, 0.717) is 16.9 Å². The zero-order chi connectivity index (χ0) is 17.4. The third kappa shape index (κ3) is 6.02. The molecule has 0 aliphatic heterocycles. The molecular weight excluding hydrogens is 344 g/mol. The lowest BCUT2D eigenvalue weighted by molar-refractivity contribution is -0.118. The number of aromatic nitrogens is 2. The van der Waals surface area contributed by atoms with Crippen molar-refractivity contribution in [1.82, 2.24) is 15.3 Å². The van der Waals surface area contributed by atoms with Crippen LogP contribution in [0.1, 0.15) is 18.9 Å². The van der Waals surface area contributed by atoms with Gasteiger partial charge in [0.1, 0.15) is 11.0 Å². The Balaban J connectivity index is 2.01. The summed E-state index contributed by atoms with van der Waals surface area (Å²) in [4.78, 5) is 22.4. The minimum absolute atomic E-state index is 0.0235. The van der Waals surface area contributed by atoms with Crippen LogP contribution in [0.5, 0.6) is 0 Å². The molecule has 2 rings (SSSR count). The number of thioether (sulfide) groups is 1. The number of carbonyl (C=O) groups excluding carboxylic acids is 1. The number of nitrogens with zero attached hydrogens (tertiary/aromatic N) is 3. The molecule has 0 atom stereocenters. The maximum Gasteiger partial charge on any atom is 0.230 e. The normalized spacial score (nSPS) is 10.5. The fraction of sp³-hybridized carbons (Fsp3) is 0.353. The number of hydrogen-bond donors (Lipinski definition) is 1. The summed E-state index contributed by atoms with van der Waals surface area (Å²) < 4.78 is 0. The number of hydrogen-bond acceptors (Lipinski definition) is 5. The molecular formula is C17H21ClN4OS. The van der Waals surface area contributed by atoms with E-state index in [1.807, 2.05) is 37.1 Å². The van der Waals surface area contributed by atoms with Gasteiger partial charge in [0.25, 0.3) is 0 Å². The molecule has 1 aromatic heterocycles. The van der Waals surface area contributed by atoms with Crippen molar-refractivity contribution in [3.8, 4) is 0 Å². The highest BCUT2D eigenvalue weighted by Crippen LogP contribution is 2.22. The molecule has 0 bridgehead atoms. The molecule has 5 nitrogen and oxygen atoms in total. The molecule has 24 heavy (non-hydrogen) atoms. The van der Waals surface area contributed by atoms with Crippen LogP contribution in [0.4, 0.5) is 5.82 Å². The van der Waals surface area contributed by atoms with Crippen molar-refractivity contribution in [2.24, 2.45) is 0 Å². The number of nitrogens with one attached hydrogen (secondary N) is 1. The van der Waals surface area contributed by atoms with Crippen LogP contribution >= 0.6 is 23.4 Å². The molecule has 0 radical (unpaired) electrons. The van der Waals surface area contributed by atoms with Crippen molar-refractivity contribution in [2.75, 3.05) is 24.2 Å². The molecule has 1 aromatic carbocycles. The Morgan fingerprint density at radius 2 is 2.04 bits per heavy atom. The first-order chi connectivity index (χ1) is 11.6. The fourth-order valence-corrected chi connectivity index (χ4v) is 2.94. The number of carbonyl (C=O) groups is 1. The van der Waals surface area contributed by atoms with Crippen molar-refractivity contribution in [3.63, 3.8) is 0 Å². The maximum atomic E-state index is 11.7. The van der Waals surface area contributed by atoms with Crippen molar-refractivity contribution in [1.29, 1.82) is 0 Å². The molecule has 0 aliphatic rings. The summed E-state index contributed by atoms with van der Waals surface area (Å²) in [6.07, 6.45) is 0.915. The molecule has 2 aromatic rings. The number of benzene rings is 1. The quantitative estimate of drug-likeness (QED) is 0.442. The van der Waals surface area contributed by atoms with Gasteiger partial charge in [-0.25, -0.2) is 9.97 Å². The van der Waals surface area contributed by atoms with Crippen LogP contribution in [-0.4, -0.2) is 35.2 Å². The molecule has 7 heteroatoms. The van der Waals surface area contributed by atoms with Gasteiger partial charge in [0.15, 0.2) is 5.16 Å². The molecule has 0 saturated carbocycles. The van der Waals surface area contributed by atoms with Gasteiger partial charge < -0.3 is 10.2 Å². The standard InChI is InChI=1S/C17H21ClN4OS/c1-3-9-19-16(23)12-24-17-20-14(18)10-15(21-17)22(2)11-13-7-5-4-6-8-13/h4-8,10H,3,9,11-12H2,1-2H3,(H,19,23). The van der Waals surface area contributed by atoms with E-state index in [1.165, 1.54) is 17.3 Å². The summed E-state index contributed by atoms with van der Waals surface area (Å²) in [7, 11) is 1.95. The van der Waals surface area contributed by atoms with Gasteiger partial charge in [-0.3, -0.25) is 4.79 Å². The van der Waals surface area contributed by atoms with Gasteiger partial charge in [-0.2, -0.15) is 0 Å². The van der Waals surface area contributed by atoms with Crippen LogP contribution in [0.25, 0.3) is 0 Å². The molecule has 1 amide bonds. The van der Waals surface area contributed by atoms with Gasteiger partial charge in [-0.05, 0) is 12.0 Å². The second-order valence-electron chi connectivity index (χ2n) is 5.31. The molecule has 0 spiro atoms. The highest BCUT2D eigenvalue weighted by atomic mass is 35.5. The van der Waals surface area contributed by atoms with Crippen molar-refractivity contribution in [3.05, 3.63) is 47.1 Å². The van der Waals surface area contributed by atoms with E-state index in [1.54, 1.807) is 6.07 Å². The third-order valence-electron chi connectivity index (χ3n) is 3.22. The fourth-order valence-electron chi connectivity index (χ4n) is 2.03. The highest BCUT2D eigenvalue weighted by molar-refractivity contribution is 7.99. The number of halogens is 1. The average Bonchev–Trinajstić information content (AvgIpc) is 2.58. The number of anilines is 1. The predicted octanol–water partition coefficient (Wildman–Crippen LogP) is 3.38. The second-order valence-corrected chi connectivity index (χ2v) is 6.64. The predicted molar refractivity (Wildman–Crippen MR) is 99.6 cm³/mol. The Labute approximate surface area is 151 Å². The van der Waals surface area contributed by atoms with Crippen LogP contribution in [0, 0.1) is 0 Å². The summed E-state index contributed by atoms with van der Waals surface area (Å²) in [5.41, 5.74) is 1.18. The van der Waals surface area contributed by atoms with Crippen molar-refractivity contribution >= 4 is 35.1 Å². The Bertz CT molecular complexity index is 669. The number of rotatable bonds is 8. The van der Waals surface area contributed by atoms with Crippen molar-refractivity contribution in [2.45, 2.75) is 25.0 Å². The minimum Gasteiger partial charge on any atom is -0.355 e. The maximum absolute atomic E-state index is 11.7. The Kier molecular flexibility index (Phi) is 7.34. The van der Waals surface area contributed by atoms with Gasteiger partial charge in [0, 0.05) is 26.2 Å². The Morgan fingerprint density at radius 3 is 2.75 bits per heavy atom. The van der Waals surface area contributed by atoms with E-state index >= 15 is 0 Å². The molecule has 0 saturated heterocycles. The number of amides is 1. The summed E-state index contributed by atoms with van der Waals surface area (Å²) in [6, 6.07) is 11.9. The van der Waals surface area contributed by atoms with Crippen LogP contribution < -0.4 is 10.2 Å². The van der Waals surface area contributed by atoms with Crippen molar-refractivity contribution < 1.29 is 4.79 Å².